The number of aliphatic imine (C=N–C) groups is 1. The van der Waals surface area contributed by atoms with E-state index >= 15 is 0 Å². The quantitative estimate of drug-likeness (QED) is 0.333. The fourth-order valence-corrected chi connectivity index (χ4v) is 2.85. The summed E-state index contributed by atoms with van der Waals surface area (Å²) in [4.78, 5) is 4.69. The van der Waals surface area contributed by atoms with Gasteiger partial charge < -0.3 is 29.6 Å². The number of hydrogen-bond acceptors (Lipinski definition) is 5. The van der Waals surface area contributed by atoms with Crippen LogP contribution in [-0.4, -0.2) is 47.0 Å². The summed E-state index contributed by atoms with van der Waals surface area (Å²) >= 11 is 0. The molecule has 164 valence electrons. The summed E-state index contributed by atoms with van der Waals surface area (Å²) < 4.78 is 21.6. The fourth-order valence-electron chi connectivity index (χ4n) is 2.85. The van der Waals surface area contributed by atoms with Gasteiger partial charge in [0.05, 0.1) is 27.4 Å². The molecule has 0 aromatic heterocycles. The van der Waals surface area contributed by atoms with Crippen LogP contribution in [0.5, 0.6) is 17.2 Å². The molecule has 2 N–H and O–H groups in total. The maximum absolute atomic E-state index is 5.88. The molecule has 2 aromatic carbocycles. The Hall–Kier alpha value is -2.93. The minimum Gasteiger partial charge on any atom is -0.493 e. The average Bonchev–Trinajstić information content (AvgIpc) is 2.76. The summed E-state index contributed by atoms with van der Waals surface area (Å²) in [5, 5.41) is 6.66. The zero-order valence-corrected chi connectivity index (χ0v) is 18.6. The van der Waals surface area contributed by atoms with Crippen molar-refractivity contribution in [3.8, 4) is 17.2 Å². The van der Waals surface area contributed by atoms with Crippen LogP contribution in [0.3, 0.4) is 0 Å². The number of hydrogen-bond donors (Lipinski definition) is 2. The van der Waals surface area contributed by atoms with Crippen LogP contribution in [0.1, 0.15) is 23.6 Å². The van der Waals surface area contributed by atoms with Crippen LogP contribution < -0.4 is 24.8 Å². The number of benzene rings is 2. The van der Waals surface area contributed by atoms with E-state index in [1.54, 1.807) is 21.3 Å². The van der Waals surface area contributed by atoms with Crippen molar-refractivity contribution < 1.29 is 18.9 Å². The highest BCUT2D eigenvalue weighted by Gasteiger charge is 2.07. The maximum atomic E-state index is 5.88. The molecule has 0 saturated carbocycles. The Morgan fingerprint density at radius 2 is 1.70 bits per heavy atom. The summed E-state index contributed by atoms with van der Waals surface area (Å²) in [6.07, 6.45) is 0. The Bertz CT molecular complexity index is 824. The number of methoxy groups -OCH3 is 3. The molecule has 0 radical (unpaired) electrons. The van der Waals surface area contributed by atoms with Crippen LogP contribution in [0.4, 0.5) is 0 Å². The van der Waals surface area contributed by atoms with Gasteiger partial charge in [0.15, 0.2) is 17.5 Å². The van der Waals surface area contributed by atoms with E-state index in [-0.39, 0.29) is 0 Å². The maximum Gasteiger partial charge on any atom is 0.191 e. The van der Waals surface area contributed by atoms with Gasteiger partial charge >= 0.3 is 0 Å². The first-order valence-corrected chi connectivity index (χ1v) is 10.1. The molecule has 2 aromatic rings. The minimum absolute atomic E-state index is 0.514. The number of nitrogens with one attached hydrogen (secondary N) is 2. The van der Waals surface area contributed by atoms with Crippen LogP contribution in [0.2, 0.25) is 0 Å². The summed E-state index contributed by atoms with van der Waals surface area (Å²) in [6.45, 7) is 7.04. The molecule has 30 heavy (non-hydrogen) atoms. The van der Waals surface area contributed by atoms with Crippen LogP contribution in [0.25, 0.3) is 0 Å². The summed E-state index contributed by atoms with van der Waals surface area (Å²) in [7, 11) is 4.92. The molecule has 2 rings (SSSR count). The minimum atomic E-state index is 0.514. The highest BCUT2D eigenvalue weighted by Crippen LogP contribution is 2.27. The first-order valence-electron chi connectivity index (χ1n) is 10.1. The van der Waals surface area contributed by atoms with Gasteiger partial charge in [-0.3, -0.25) is 0 Å². The van der Waals surface area contributed by atoms with E-state index in [9.17, 15) is 0 Å². The largest absolute Gasteiger partial charge is 0.493 e. The van der Waals surface area contributed by atoms with Crippen LogP contribution in [0.15, 0.2) is 41.4 Å². The smallest absolute Gasteiger partial charge is 0.191 e. The average molecular weight is 416 g/mol. The number of rotatable bonds is 11. The zero-order valence-electron chi connectivity index (χ0n) is 18.6. The third-order valence-corrected chi connectivity index (χ3v) is 4.43. The number of ether oxygens (including phenoxy) is 4. The van der Waals surface area contributed by atoms with E-state index in [0.717, 1.165) is 34.9 Å². The highest BCUT2D eigenvalue weighted by atomic mass is 16.5. The lowest BCUT2D eigenvalue weighted by Crippen LogP contribution is -2.36. The molecule has 0 atom stereocenters. The van der Waals surface area contributed by atoms with Crippen LogP contribution in [0, 0.1) is 6.92 Å². The van der Waals surface area contributed by atoms with E-state index in [2.05, 4.69) is 34.7 Å². The Labute approximate surface area is 179 Å². The normalized spacial score (nSPS) is 11.2. The molecule has 0 bridgehead atoms. The second-order valence-corrected chi connectivity index (χ2v) is 6.69. The van der Waals surface area contributed by atoms with E-state index in [4.69, 9.17) is 18.9 Å². The predicted molar refractivity (Wildman–Crippen MR) is 120 cm³/mol. The Kier molecular flexibility index (Phi) is 9.80. The van der Waals surface area contributed by atoms with Gasteiger partial charge in [0.2, 0.25) is 0 Å². The van der Waals surface area contributed by atoms with Gasteiger partial charge in [-0.05, 0) is 43.2 Å². The lowest BCUT2D eigenvalue weighted by Gasteiger charge is -2.15. The summed E-state index contributed by atoms with van der Waals surface area (Å²) in [6, 6.07) is 12.0. The SMILES string of the molecule is CCNC(=NCc1ccc(OC)c(OC)c1)NCc1ccc(C)cc1OCCOC. The van der Waals surface area contributed by atoms with Crippen molar-refractivity contribution >= 4 is 5.96 Å². The Balaban J connectivity index is 2.07. The molecule has 7 nitrogen and oxygen atoms in total. The highest BCUT2D eigenvalue weighted by molar-refractivity contribution is 5.79. The lowest BCUT2D eigenvalue weighted by molar-refractivity contribution is 0.145. The van der Waals surface area contributed by atoms with Gasteiger partial charge in [-0.25, -0.2) is 4.99 Å². The third-order valence-electron chi connectivity index (χ3n) is 4.43. The number of nitrogens with zero attached hydrogens (tertiary/aromatic N) is 1. The molecular weight excluding hydrogens is 382 g/mol. The Morgan fingerprint density at radius 3 is 2.40 bits per heavy atom. The van der Waals surface area contributed by atoms with Crippen molar-refractivity contribution in [3.05, 3.63) is 53.1 Å². The van der Waals surface area contributed by atoms with Gasteiger partial charge in [0, 0.05) is 25.8 Å². The van der Waals surface area contributed by atoms with Crippen LogP contribution in [-0.2, 0) is 17.8 Å². The number of guanidine groups is 1. The Morgan fingerprint density at radius 1 is 0.900 bits per heavy atom. The summed E-state index contributed by atoms with van der Waals surface area (Å²) in [5.74, 6) is 2.99. The van der Waals surface area contributed by atoms with Crippen molar-refractivity contribution in [1.29, 1.82) is 0 Å². The molecule has 7 heteroatoms. The van der Waals surface area contributed by atoms with E-state index in [1.165, 1.54) is 0 Å². The third kappa shape index (κ3) is 7.15. The first kappa shape index (κ1) is 23.3. The first-order chi connectivity index (χ1) is 14.6. The molecule has 0 saturated heterocycles. The second kappa shape index (κ2) is 12.6. The predicted octanol–water partition coefficient (Wildman–Crippen LogP) is 3.29. The second-order valence-electron chi connectivity index (χ2n) is 6.69. The molecule has 0 aliphatic rings. The topological polar surface area (TPSA) is 73.3 Å². The molecule has 0 aliphatic carbocycles. The monoisotopic (exact) mass is 415 g/mol. The lowest BCUT2D eigenvalue weighted by atomic mass is 10.1. The molecule has 0 amide bonds. The molecule has 0 unspecified atom stereocenters. The van der Waals surface area contributed by atoms with Crippen LogP contribution >= 0.6 is 0 Å². The van der Waals surface area contributed by atoms with Crippen molar-refractivity contribution in [1.82, 2.24) is 10.6 Å². The van der Waals surface area contributed by atoms with Crippen molar-refractivity contribution in [2.24, 2.45) is 4.99 Å². The van der Waals surface area contributed by atoms with E-state index in [0.29, 0.717) is 37.8 Å². The zero-order chi connectivity index (χ0) is 21.8. The molecule has 0 spiro atoms. The fraction of sp³-hybridized carbons (Fsp3) is 0.435. The van der Waals surface area contributed by atoms with E-state index in [1.807, 2.05) is 31.2 Å². The van der Waals surface area contributed by atoms with Gasteiger partial charge in [0.25, 0.3) is 0 Å². The number of aryl methyl sites for hydroxylation is 1. The van der Waals surface area contributed by atoms with Gasteiger partial charge in [-0.15, -0.1) is 0 Å². The van der Waals surface area contributed by atoms with E-state index < -0.39 is 0 Å². The van der Waals surface area contributed by atoms with Crippen molar-refractivity contribution in [2.75, 3.05) is 41.1 Å². The van der Waals surface area contributed by atoms with Crippen molar-refractivity contribution in [3.63, 3.8) is 0 Å². The molecule has 0 aliphatic heterocycles. The summed E-state index contributed by atoms with van der Waals surface area (Å²) in [5.41, 5.74) is 3.25. The van der Waals surface area contributed by atoms with Crippen molar-refractivity contribution in [2.45, 2.75) is 26.9 Å². The standard InChI is InChI=1S/C23H33N3O4/c1-6-24-23(25-15-18-8-10-20(28-4)22(14-18)29-5)26-16-19-9-7-17(2)13-21(19)30-12-11-27-3/h7-10,13-14H,6,11-12,15-16H2,1-5H3,(H2,24,25,26). The molecule has 0 fully saturated rings. The van der Waals surface area contributed by atoms with Gasteiger partial charge in [-0.2, -0.15) is 0 Å². The van der Waals surface area contributed by atoms with Gasteiger partial charge in [-0.1, -0.05) is 18.2 Å². The molecular formula is C23H33N3O4. The molecule has 0 heterocycles. The van der Waals surface area contributed by atoms with Gasteiger partial charge in [0.1, 0.15) is 12.4 Å².